The highest BCUT2D eigenvalue weighted by molar-refractivity contribution is 5.77. The Morgan fingerprint density at radius 2 is 2.09 bits per heavy atom. The van der Waals surface area contributed by atoms with Crippen molar-refractivity contribution in [3.05, 3.63) is 35.4 Å². The van der Waals surface area contributed by atoms with Gasteiger partial charge in [0.15, 0.2) is 0 Å². The fraction of sp³-hybridized carbons (Fsp3) is 0.588. The lowest BCUT2D eigenvalue weighted by atomic mass is 9.92. The minimum Gasteiger partial charge on any atom is -0.342 e. The molecule has 0 saturated carbocycles. The van der Waals surface area contributed by atoms with Gasteiger partial charge in [0.05, 0.1) is 5.56 Å². The molecule has 0 unspecified atom stereocenters. The lowest BCUT2D eigenvalue weighted by Gasteiger charge is -2.21. The third-order valence-electron chi connectivity index (χ3n) is 4.41. The average Bonchev–Trinajstić information content (AvgIpc) is 2.95. The second-order valence-corrected chi connectivity index (χ2v) is 6.24. The number of benzene rings is 1. The molecule has 1 aromatic carbocycles. The van der Waals surface area contributed by atoms with E-state index in [1.165, 1.54) is 12.1 Å². The van der Waals surface area contributed by atoms with Crippen LogP contribution in [0.1, 0.15) is 36.8 Å². The van der Waals surface area contributed by atoms with Gasteiger partial charge in [-0.05, 0) is 43.5 Å². The van der Waals surface area contributed by atoms with E-state index < -0.39 is 17.7 Å². The Bertz CT molecular complexity index is 545. The van der Waals surface area contributed by atoms with E-state index >= 15 is 0 Å². The summed E-state index contributed by atoms with van der Waals surface area (Å²) in [5.41, 5.74) is -0.450. The van der Waals surface area contributed by atoms with Crippen LogP contribution in [0.4, 0.5) is 13.2 Å². The first-order valence-electron chi connectivity index (χ1n) is 7.91. The highest BCUT2D eigenvalue weighted by Gasteiger charge is 2.35. The van der Waals surface area contributed by atoms with Crippen LogP contribution >= 0.6 is 0 Å². The number of rotatable bonds is 5. The molecule has 1 aliphatic rings. The Hall–Kier alpha value is -1.56. The van der Waals surface area contributed by atoms with Crippen LogP contribution in [0.2, 0.25) is 0 Å². The normalized spacial score (nSPS) is 19.9. The lowest BCUT2D eigenvalue weighted by molar-refractivity contribution is -0.139. The zero-order valence-corrected chi connectivity index (χ0v) is 13.5. The van der Waals surface area contributed by atoms with Crippen LogP contribution in [0.3, 0.4) is 0 Å². The maximum absolute atomic E-state index is 13.1. The second kappa shape index (κ2) is 7.34. The molecule has 2 rings (SSSR count). The monoisotopic (exact) mass is 328 g/mol. The van der Waals surface area contributed by atoms with Gasteiger partial charge in [-0.2, -0.15) is 13.2 Å². The summed E-state index contributed by atoms with van der Waals surface area (Å²) in [5, 5.41) is 3.10. The predicted octanol–water partition coefficient (Wildman–Crippen LogP) is 3.27. The smallest absolute Gasteiger partial charge is 0.342 e. The fourth-order valence-electron chi connectivity index (χ4n) is 3.20. The second-order valence-electron chi connectivity index (χ2n) is 6.24. The predicted molar refractivity (Wildman–Crippen MR) is 83.1 cm³/mol. The lowest BCUT2D eigenvalue weighted by Crippen LogP contribution is -2.31. The summed E-state index contributed by atoms with van der Waals surface area (Å²) in [7, 11) is 1.88. The van der Waals surface area contributed by atoms with E-state index in [9.17, 15) is 18.0 Å². The molecule has 1 aromatic rings. The first-order chi connectivity index (χ1) is 10.8. The van der Waals surface area contributed by atoms with Crippen molar-refractivity contribution in [3.8, 4) is 0 Å². The highest BCUT2D eigenvalue weighted by atomic mass is 19.4. The molecular formula is C17H23F3N2O. The highest BCUT2D eigenvalue weighted by Crippen LogP contribution is 2.36. The number of hydrogen-bond donors (Lipinski definition) is 1. The van der Waals surface area contributed by atoms with Crippen molar-refractivity contribution in [1.29, 1.82) is 0 Å². The molecular weight excluding hydrogens is 305 g/mol. The molecule has 1 fully saturated rings. The molecule has 0 bridgehead atoms. The molecule has 3 nitrogen and oxygen atoms in total. The summed E-state index contributed by atoms with van der Waals surface area (Å²) in [5.74, 6) is -0.0847. The molecule has 1 aliphatic heterocycles. The fourth-order valence-corrected chi connectivity index (χ4v) is 3.20. The standard InChI is InChI=1S/C17H23F3N2O/c1-12(14-5-3-4-6-15(14)17(18,19)20)9-16(23)22-8-7-13(11-22)10-21-2/h3-6,12-13,21H,7-11H2,1-2H3/t12-,13+/m0/s1. The van der Waals surface area contributed by atoms with E-state index in [4.69, 9.17) is 0 Å². The van der Waals surface area contributed by atoms with E-state index in [0.29, 0.717) is 19.0 Å². The van der Waals surface area contributed by atoms with Gasteiger partial charge in [-0.1, -0.05) is 25.1 Å². The summed E-state index contributed by atoms with van der Waals surface area (Å²) in [6.07, 6.45) is -3.33. The number of nitrogens with zero attached hydrogens (tertiary/aromatic N) is 1. The largest absolute Gasteiger partial charge is 0.416 e. The quantitative estimate of drug-likeness (QED) is 0.900. The maximum atomic E-state index is 13.1. The third-order valence-corrected chi connectivity index (χ3v) is 4.41. The number of carbonyl (C=O) groups excluding carboxylic acids is 1. The van der Waals surface area contributed by atoms with E-state index in [1.807, 2.05) is 7.05 Å². The number of carbonyl (C=O) groups is 1. The molecule has 0 aliphatic carbocycles. The van der Waals surface area contributed by atoms with Crippen LogP contribution in [0, 0.1) is 5.92 Å². The number of hydrogen-bond acceptors (Lipinski definition) is 2. The van der Waals surface area contributed by atoms with Gasteiger partial charge in [0.2, 0.25) is 5.91 Å². The average molecular weight is 328 g/mol. The Morgan fingerprint density at radius 3 is 2.74 bits per heavy atom. The summed E-state index contributed by atoms with van der Waals surface area (Å²) in [6.45, 7) is 3.92. The first kappa shape index (κ1) is 17.8. The van der Waals surface area contributed by atoms with Crippen molar-refractivity contribution < 1.29 is 18.0 Å². The maximum Gasteiger partial charge on any atom is 0.416 e. The molecule has 2 atom stereocenters. The zero-order chi connectivity index (χ0) is 17.0. The Kier molecular flexibility index (Phi) is 5.68. The van der Waals surface area contributed by atoms with Gasteiger partial charge in [-0.3, -0.25) is 4.79 Å². The number of amides is 1. The van der Waals surface area contributed by atoms with Crippen LogP contribution in [-0.4, -0.2) is 37.5 Å². The number of halogens is 3. The number of likely N-dealkylation sites (tertiary alicyclic amines) is 1. The molecule has 1 N–H and O–H groups in total. The molecule has 128 valence electrons. The zero-order valence-electron chi connectivity index (χ0n) is 13.5. The molecule has 1 saturated heterocycles. The third kappa shape index (κ3) is 4.47. The van der Waals surface area contributed by atoms with Crippen LogP contribution in [0.25, 0.3) is 0 Å². The topological polar surface area (TPSA) is 32.3 Å². The van der Waals surface area contributed by atoms with Crippen molar-refractivity contribution in [3.63, 3.8) is 0 Å². The molecule has 23 heavy (non-hydrogen) atoms. The van der Waals surface area contributed by atoms with Gasteiger partial charge >= 0.3 is 6.18 Å². The summed E-state index contributed by atoms with van der Waals surface area (Å²) in [6, 6.07) is 5.51. The van der Waals surface area contributed by atoms with Crippen molar-refractivity contribution in [2.24, 2.45) is 5.92 Å². The SMILES string of the molecule is CNC[C@H]1CCN(C(=O)C[C@H](C)c2ccccc2C(F)(F)F)C1. The van der Waals surface area contributed by atoms with Gasteiger partial charge in [-0.15, -0.1) is 0 Å². The van der Waals surface area contributed by atoms with E-state index in [2.05, 4.69) is 5.32 Å². The van der Waals surface area contributed by atoms with Crippen molar-refractivity contribution in [2.45, 2.75) is 31.9 Å². The summed E-state index contributed by atoms with van der Waals surface area (Å²) < 4.78 is 39.2. The number of alkyl halides is 3. The molecule has 1 heterocycles. The van der Waals surface area contributed by atoms with Crippen LogP contribution in [-0.2, 0) is 11.0 Å². The molecule has 0 aromatic heterocycles. The number of nitrogens with one attached hydrogen (secondary N) is 1. The Morgan fingerprint density at radius 1 is 1.39 bits per heavy atom. The van der Waals surface area contributed by atoms with Crippen LogP contribution < -0.4 is 5.32 Å². The van der Waals surface area contributed by atoms with Gasteiger partial charge in [0.1, 0.15) is 0 Å². The van der Waals surface area contributed by atoms with Gasteiger partial charge in [-0.25, -0.2) is 0 Å². The van der Waals surface area contributed by atoms with Gasteiger partial charge in [0, 0.05) is 19.5 Å². The van der Waals surface area contributed by atoms with E-state index in [-0.39, 0.29) is 17.9 Å². The van der Waals surface area contributed by atoms with E-state index in [1.54, 1.807) is 17.9 Å². The Balaban J connectivity index is 2.03. The first-order valence-corrected chi connectivity index (χ1v) is 7.91. The molecule has 6 heteroatoms. The molecule has 1 amide bonds. The van der Waals surface area contributed by atoms with Crippen molar-refractivity contribution >= 4 is 5.91 Å². The van der Waals surface area contributed by atoms with Crippen molar-refractivity contribution in [2.75, 3.05) is 26.7 Å². The minimum atomic E-state index is -4.39. The van der Waals surface area contributed by atoms with Crippen LogP contribution in [0.5, 0.6) is 0 Å². The van der Waals surface area contributed by atoms with Crippen molar-refractivity contribution in [1.82, 2.24) is 10.2 Å². The molecule has 0 radical (unpaired) electrons. The van der Waals surface area contributed by atoms with E-state index in [0.717, 1.165) is 19.0 Å². The van der Waals surface area contributed by atoms with Crippen LogP contribution in [0.15, 0.2) is 24.3 Å². The molecule has 0 spiro atoms. The van der Waals surface area contributed by atoms with Gasteiger partial charge < -0.3 is 10.2 Å². The summed E-state index contributed by atoms with van der Waals surface area (Å²) in [4.78, 5) is 14.1. The van der Waals surface area contributed by atoms with Gasteiger partial charge in [0.25, 0.3) is 0 Å². The minimum absolute atomic E-state index is 0.0620. The Labute approximate surface area is 134 Å². The summed E-state index contributed by atoms with van der Waals surface area (Å²) >= 11 is 0.